The lowest BCUT2D eigenvalue weighted by atomic mass is 10.1. The Labute approximate surface area is 122 Å². The van der Waals surface area contributed by atoms with Crippen LogP contribution >= 0.6 is 0 Å². The summed E-state index contributed by atoms with van der Waals surface area (Å²) in [6, 6.07) is 13.7. The summed E-state index contributed by atoms with van der Waals surface area (Å²) in [5.41, 5.74) is 9.26. The third-order valence-corrected chi connectivity index (χ3v) is 3.18. The number of hydrogen-bond acceptors (Lipinski definition) is 5. The second-order valence-electron chi connectivity index (χ2n) is 4.82. The topological polar surface area (TPSA) is 77.8 Å². The normalized spacial score (nSPS) is 10.8. The average molecular weight is 280 g/mol. The maximum absolute atomic E-state index is 5.54. The van der Waals surface area contributed by atoms with Crippen LogP contribution in [0.15, 0.2) is 47.0 Å². The zero-order valence-corrected chi connectivity index (χ0v) is 11.8. The van der Waals surface area contributed by atoms with Gasteiger partial charge < -0.3 is 10.3 Å². The van der Waals surface area contributed by atoms with E-state index >= 15 is 0 Å². The van der Waals surface area contributed by atoms with Gasteiger partial charge in [-0.15, -0.1) is 0 Å². The zero-order chi connectivity index (χ0) is 14.7. The maximum Gasteiger partial charge on any atom is 0.258 e. The lowest BCUT2D eigenvalue weighted by molar-refractivity contribution is 0.432. The Morgan fingerprint density at radius 3 is 2.57 bits per heavy atom. The van der Waals surface area contributed by atoms with Crippen molar-refractivity contribution >= 4 is 0 Å². The van der Waals surface area contributed by atoms with E-state index in [1.54, 1.807) is 0 Å². The molecule has 0 aliphatic heterocycles. The predicted molar refractivity (Wildman–Crippen MR) is 80.5 cm³/mol. The molecule has 0 saturated heterocycles. The number of aryl methyl sites for hydroxylation is 1. The number of benzene rings is 1. The molecule has 0 radical (unpaired) electrons. The number of pyridine rings is 1. The Morgan fingerprint density at radius 2 is 1.86 bits per heavy atom. The molecule has 0 amide bonds. The van der Waals surface area contributed by atoms with Gasteiger partial charge in [0.2, 0.25) is 5.82 Å². The van der Waals surface area contributed by atoms with Crippen molar-refractivity contribution in [1.82, 2.24) is 15.1 Å². The molecule has 2 heterocycles. The highest BCUT2D eigenvalue weighted by Crippen LogP contribution is 2.21. The summed E-state index contributed by atoms with van der Waals surface area (Å²) in [6.07, 6.45) is 0.864. The molecule has 0 aliphatic rings. The molecule has 0 atom stereocenters. The first-order valence-electron chi connectivity index (χ1n) is 6.83. The first-order valence-corrected chi connectivity index (χ1v) is 6.83. The van der Waals surface area contributed by atoms with E-state index in [1.165, 1.54) is 5.56 Å². The van der Waals surface area contributed by atoms with Crippen LogP contribution in [0.1, 0.15) is 11.3 Å². The number of aromatic nitrogens is 3. The fraction of sp³-hybridized carbons (Fsp3) is 0.188. The Morgan fingerprint density at radius 1 is 1.05 bits per heavy atom. The minimum atomic E-state index is 0.493. The summed E-state index contributed by atoms with van der Waals surface area (Å²) in [5, 5.41) is 3.99. The van der Waals surface area contributed by atoms with Crippen LogP contribution in [0.3, 0.4) is 0 Å². The van der Waals surface area contributed by atoms with Crippen LogP contribution in [0.2, 0.25) is 0 Å². The van der Waals surface area contributed by atoms with E-state index in [9.17, 15) is 0 Å². The summed E-state index contributed by atoms with van der Waals surface area (Å²) < 4.78 is 5.32. The molecule has 3 rings (SSSR count). The van der Waals surface area contributed by atoms with E-state index in [0.29, 0.717) is 24.0 Å². The van der Waals surface area contributed by atoms with Gasteiger partial charge in [-0.2, -0.15) is 4.98 Å². The van der Waals surface area contributed by atoms with Crippen LogP contribution in [0.5, 0.6) is 0 Å². The van der Waals surface area contributed by atoms with Crippen molar-refractivity contribution < 1.29 is 4.52 Å². The van der Waals surface area contributed by atoms with Crippen LogP contribution in [-0.4, -0.2) is 21.7 Å². The predicted octanol–water partition coefficient (Wildman–Crippen LogP) is 2.61. The van der Waals surface area contributed by atoms with Crippen LogP contribution in [-0.2, 0) is 6.42 Å². The van der Waals surface area contributed by atoms with Gasteiger partial charge in [0, 0.05) is 11.3 Å². The van der Waals surface area contributed by atoms with Gasteiger partial charge in [-0.25, -0.2) is 4.98 Å². The Hall–Kier alpha value is -2.53. The fourth-order valence-electron chi connectivity index (χ4n) is 2.09. The molecule has 3 aromatic rings. The van der Waals surface area contributed by atoms with Crippen molar-refractivity contribution in [2.45, 2.75) is 13.3 Å². The smallest absolute Gasteiger partial charge is 0.258 e. The van der Waals surface area contributed by atoms with Crippen LogP contribution < -0.4 is 5.73 Å². The van der Waals surface area contributed by atoms with Crippen LogP contribution in [0.4, 0.5) is 0 Å². The summed E-state index contributed by atoms with van der Waals surface area (Å²) >= 11 is 0. The van der Waals surface area contributed by atoms with Gasteiger partial charge in [0.15, 0.2) is 0 Å². The van der Waals surface area contributed by atoms with Gasteiger partial charge in [0.05, 0.1) is 0 Å². The summed E-state index contributed by atoms with van der Waals surface area (Å²) in [6.45, 7) is 2.57. The molecule has 2 N–H and O–H groups in total. The van der Waals surface area contributed by atoms with Gasteiger partial charge in [-0.1, -0.05) is 23.4 Å². The van der Waals surface area contributed by atoms with Gasteiger partial charge in [0.1, 0.15) is 5.69 Å². The summed E-state index contributed by atoms with van der Waals surface area (Å²) in [4.78, 5) is 8.79. The quantitative estimate of drug-likeness (QED) is 0.794. The van der Waals surface area contributed by atoms with Crippen molar-refractivity contribution in [2.24, 2.45) is 5.73 Å². The molecule has 0 unspecified atom stereocenters. The lowest BCUT2D eigenvalue weighted by Gasteiger charge is -1.99. The molecule has 5 nitrogen and oxygen atoms in total. The molecule has 0 aliphatic carbocycles. The Kier molecular flexibility index (Phi) is 3.75. The third-order valence-electron chi connectivity index (χ3n) is 3.18. The molecule has 1 aromatic carbocycles. The van der Waals surface area contributed by atoms with Crippen molar-refractivity contribution in [2.75, 3.05) is 6.54 Å². The molecule has 0 spiro atoms. The zero-order valence-electron chi connectivity index (χ0n) is 11.8. The fourth-order valence-corrected chi connectivity index (χ4v) is 2.09. The largest absolute Gasteiger partial charge is 0.334 e. The summed E-state index contributed by atoms with van der Waals surface area (Å²) in [7, 11) is 0. The van der Waals surface area contributed by atoms with Crippen LogP contribution in [0.25, 0.3) is 23.0 Å². The SMILES string of the molecule is Cc1cccc(-c2noc(-c3ccc(CCN)cc3)n2)n1. The van der Waals surface area contributed by atoms with Gasteiger partial charge >= 0.3 is 0 Å². The summed E-state index contributed by atoms with van der Waals surface area (Å²) in [5.74, 6) is 0.993. The molecule has 0 bridgehead atoms. The lowest BCUT2D eigenvalue weighted by Crippen LogP contribution is -2.02. The van der Waals surface area contributed by atoms with Crippen molar-refractivity contribution in [3.05, 3.63) is 53.7 Å². The molecule has 0 fully saturated rings. The van der Waals surface area contributed by atoms with E-state index in [-0.39, 0.29) is 0 Å². The molecule has 106 valence electrons. The highest BCUT2D eigenvalue weighted by Gasteiger charge is 2.11. The van der Waals surface area contributed by atoms with E-state index in [1.807, 2.05) is 49.4 Å². The maximum atomic E-state index is 5.54. The molecular formula is C16H16N4O. The Balaban J connectivity index is 1.87. The van der Waals surface area contributed by atoms with E-state index < -0.39 is 0 Å². The average Bonchev–Trinajstić information content (AvgIpc) is 2.98. The number of hydrogen-bond donors (Lipinski definition) is 1. The number of nitrogens with two attached hydrogens (primary N) is 1. The number of nitrogens with zero attached hydrogens (tertiary/aromatic N) is 3. The van der Waals surface area contributed by atoms with E-state index in [0.717, 1.165) is 17.7 Å². The third kappa shape index (κ3) is 2.98. The number of rotatable bonds is 4. The van der Waals surface area contributed by atoms with E-state index in [4.69, 9.17) is 10.3 Å². The van der Waals surface area contributed by atoms with Crippen LogP contribution in [0, 0.1) is 6.92 Å². The van der Waals surface area contributed by atoms with E-state index in [2.05, 4.69) is 15.1 Å². The molecular weight excluding hydrogens is 264 g/mol. The first-order chi connectivity index (χ1) is 10.3. The highest BCUT2D eigenvalue weighted by atomic mass is 16.5. The van der Waals surface area contributed by atoms with Crippen molar-refractivity contribution in [3.63, 3.8) is 0 Å². The van der Waals surface area contributed by atoms with Gasteiger partial charge in [-0.05, 0) is 49.7 Å². The highest BCUT2D eigenvalue weighted by molar-refractivity contribution is 5.57. The second-order valence-corrected chi connectivity index (χ2v) is 4.82. The molecule has 2 aromatic heterocycles. The monoisotopic (exact) mass is 280 g/mol. The van der Waals surface area contributed by atoms with Crippen molar-refractivity contribution in [1.29, 1.82) is 0 Å². The first kappa shape index (κ1) is 13.5. The van der Waals surface area contributed by atoms with Gasteiger partial charge in [-0.3, -0.25) is 0 Å². The second kappa shape index (κ2) is 5.85. The molecule has 0 saturated carbocycles. The van der Waals surface area contributed by atoms with Gasteiger partial charge in [0.25, 0.3) is 5.89 Å². The molecule has 21 heavy (non-hydrogen) atoms. The van der Waals surface area contributed by atoms with Crippen molar-refractivity contribution in [3.8, 4) is 23.0 Å². The Bertz CT molecular complexity index is 734. The molecule has 5 heteroatoms. The minimum absolute atomic E-state index is 0.493. The standard InChI is InChI=1S/C16H16N4O/c1-11-3-2-4-14(18-11)15-19-16(21-20-15)13-7-5-12(6-8-13)9-10-17/h2-8H,9-10,17H2,1H3. The minimum Gasteiger partial charge on any atom is -0.334 e.